The number of hydrogen-bond acceptors (Lipinski definition) is 3. The Morgan fingerprint density at radius 2 is 2.27 bits per heavy atom. The Morgan fingerprint density at radius 3 is 2.80 bits per heavy atom. The largest absolute Gasteiger partial charge is 0.481 e. The van der Waals surface area contributed by atoms with Crippen LogP contribution in [-0.4, -0.2) is 18.6 Å². The van der Waals surface area contributed by atoms with Crippen molar-refractivity contribution >= 4 is 0 Å². The number of rotatable bonds is 3. The lowest BCUT2D eigenvalue weighted by molar-refractivity contribution is 0.397. The summed E-state index contributed by atoms with van der Waals surface area (Å²) in [6.07, 6.45) is 1.80. The summed E-state index contributed by atoms with van der Waals surface area (Å²) < 4.78 is 5.13. The highest BCUT2D eigenvalue weighted by molar-refractivity contribution is 5.33. The van der Waals surface area contributed by atoms with Gasteiger partial charge in [0.1, 0.15) is 0 Å². The van der Waals surface area contributed by atoms with Gasteiger partial charge in [0.05, 0.1) is 7.11 Å². The minimum Gasteiger partial charge on any atom is -0.481 e. The molecule has 3 nitrogen and oxygen atoms in total. The fraction of sp³-hybridized carbons (Fsp3) is 0.583. The average molecular weight is 206 g/mol. The maximum absolute atomic E-state index is 5.76. The molecule has 1 fully saturated rings. The fourth-order valence-electron chi connectivity index (χ4n) is 2.58. The van der Waals surface area contributed by atoms with Crippen LogP contribution in [0.25, 0.3) is 0 Å². The van der Waals surface area contributed by atoms with Crippen LogP contribution in [-0.2, 0) is 0 Å². The molecule has 0 saturated heterocycles. The number of pyridine rings is 1. The van der Waals surface area contributed by atoms with Crippen LogP contribution < -0.4 is 10.5 Å². The molecule has 0 radical (unpaired) electrons. The van der Waals surface area contributed by atoms with Crippen molar-refractivity contribution < 1.29 is 4.74 Å². The summed E-state index contributed by atoms with van der Waals surface area (Å²) in [6.45, 7) is 5.28. The van der Waals surface area contributed by atoms with Crippen molar-refractivity contribution in [3.05, 3.63) is 23.9 Å². The van der Waals surface area contributed by atoms with Gasteiger partial charge in [0.2, 0.25) is 5.88 Å². The second kappa shape index (κ2) is 3.49. The highest BCUT2D eigenvalue weighted by Gasteiger charge is 2.57. The molecule has 0 amide bonds. The van der Waals surface area contributed by atoms with Gasteiger partial charge in [0, 0.05) is 12.3 Å². The zero-order valence-corrected chi connectivity index (χ0v) is 9.53. The van der Waals surface area contributed by atoms with Crippen molar-refractivity contribution in [1.82, 2.24) is 4.98 Å². The zero-order valence-electron chi connectivity index (χ0n) is 9.53. The van der Waals surface area contributed by atoms with Crippen LogP contribution in [0.5, 0.6) is 5.88 Å². The van der Waals surface area contributed by atoms with E-state index in [1.54, 1.807) is 13.3 Å². The van der Waals surface area contributed by atoms with E-state index in [0.717, 1.165) is 6.54 Å². The van der Waals surface area contributed by atoms with Crippen LogP contribution in [0, 0.1) is 11.3 Å². The molecule has 0 bridgehead atoms. The molecule has 0 spiro atoms. The van der Waals surface area contributed by atoms with Gasteiger partial charge in [-0.05, 0) is 35.4 Å². The lowest BCUT2D eigenvalue weighted by atomic mass is 10.0. The topological polar surface area (TPSA) is 48.1 Å². The van der Waals surface area contributed by atoms with Gasteiger partial charge in [-0.15, -0.1) is 0 Å². The van der Waals surface area contributed by atoms with Gasteiger partial charge in [-0.2, -0.15) is 0 Å². The molecular formula is C12H18N2O. The smallest absolute Gasteiger partial charge is 0.213 e. The highest BCUT2D eigenvalue weighted by Crippen LogP contribution is 2.63. The van der Waals surface area contributed by atoms with E-state index >= 15 is 0 Å². The van der Waals surface area contributed by atoms with Gasteiger partial charge >= 0.3 is 0 Å². The molecule has 1 aromatic heterocycles. The van der Waals surface area contributed by atoms with Crippen molar-refractivity contribution in [2.45, 2.75) is 19.8 Å². The van der Waals surface area contributed by atoms with Crippen molar-refractivity contribution in [2.24, 2.45) is 17.1 Å². The Morgan fingerprint density at radius 1 is 1.53 bits per heavy atom. The Balaban J connectivity index is 2.24. The van der Waals surface area contributed by atoms with Crippen LogP contribution in [0.4, 0.5) is 0 Å². The van der Waals surface area contributed by atoms with E-state index in [2.05, 4.69) is 24.9 Å². The molecule has 15 heavy (non-hydrogen) atoms. The van der Waals surface area contributed by atoms with Crippen molar-refractivity contribution in [2.75, 3.05) is 13.7 Å². The van der Waals surface area contributed by atoms with Crippen LogP contribution in [0.1, 0.15) is 25.3 Å². The Hall–Kier alpha value is -1.09. The molecule has 0 aliphatic heterocycles. The molecule has 1 heterocycles. The average Bonchev–Trinajstić information content (AvgIpc) is 2.80. The second-order valence-electron chi connectivity index (χ2n) is 4.77. The molecule has 82 valence electrons. The molecule has 0 aromatic carbocycles. The minimum atomic E-state index is 0.321. The molecule has 1 aliphatic rings. The number of hydrogen-bond donors (Lipinski definition) is 1. The van der Waals surface area contributed by atoms with Gasteiger partial charge in [0.15, 0.2) is 0 Å². The van der Waals surface area contributed by atoms with E-state index in [9.17, 15) is 0 Å². The first-order valence-corrected chi connectivity index (χ1v) is 5.31. The third-order valence-electron chi connectivity index (χ3n) is 3.63. The van der Waals surface area contributed by atoms with Gasteiger partial charge in [-0.1, -0.05) is 13.8 Å². The van der Waals surface area contributed by atoms with E-state index in [1.165, 1.54) is 5.56 Å². The predicted octanol–water partition coefficient (Wildman–Crippen LogP) is 1.79. The van der Waals surface area contributed by atoms with E-state index in [1.807, 2.05) is 6.07 Å². The summed E-state index contributed by atoms with van der Waals surface area (Å²) in [7, 11) is 1.64. The number of nitrogens with zero attached hydrogens (tertiary/aromatic N) is 1. The first-order valence-electron chi connectivity index (χ1n) is 5.31. The molecular weight excluding hydrogens is 188 g/mol. The van der Waals surface area contributed by atoms with Crippen LogP contribution in [0.15, 0.2) is 18.3 Å². The first kappa shape index (κ1) is 10.4. The number of methoxy groups -OCH3 is 1. The van der Waals surface area contributed by atoms with Crippen LogP contribution in [0.2, 0.25) is 0 Å². The minimum absolute atomic E-state index is 0.321. The maximum Gasteiger partial charge on any atom is 0.213 e. The first-order chi connectivity index (χ1) is 7.11. The molecule has 3 heteroatoms. The predicted molar refractivity (Wildman–Crippen MR) is 59.9 cm³/mol. The van der Waals surface area contributed by atoms with E-state index < -0.39 is 0 Å². The lowest BCUT2D eigenvalue weighted by Gasteiger charge is -2.04. The summed E-state index contributed by atoms with van der Waals surface area (Å²) in [5.74, 6) is 1.83. The third-order valence-corrected chi connectivity index (χ3v) is 3.63. The van der Waals surface area contributed by atoms with E-state index in [0.29, 0.717) is 23.1 Å². The van der Waals surface area contributed by atoms with Gasteiger partial charge < -0.3 is 10.5 Å². The SMILES string of the molecule is COc1cc([C@H]2[C@H](CN)C2(C)C)ccn1. The summed E-state index contributed by atoms with van der Waals surface area (Å²) >= 11 is 0. The fourth-order valence-corrected chi connectivity index (χ4v) is 2.58. The molecule has 2 atom stereocenters. The van der Waals surface area contributed by atoms with Crippen LogP contribution >= 0.6 is 0 Å². The third kappa shape index (κ3) is 1.61. The summed E-state index contributed by atoms with van der Waals surface area (Å²) in [5, 5.41) is 0. The summed E-state index contributed by atoms with van der Waals surface area (Å²) in [4.78, 5) is 4.11. The number of ether oxygens (including phenoxy) is 1. The van der Waals surface area contributed by atoms with E-state index in [-0.39, 0.29) is 0 Å². The Labute approximate surface area is 90.7 Å². The molecule has 2 N–H and O–H groups in total. The summed E-state index contributed by atoms with van der Waals surface area (Å²) in [5.41, 5.74) is 7.38. The monoisotopic (exact) mass is 206 g/mol. The zero-order chi connectivity index (χ0) is 11.1. The second-order valence-corrected chi connectivity index (χ2v) is 4.77. The van der Waals surface area contributed by atoms with Gasteiger partial charge in [-0.25, -0.2) is 4.98 Å². The normalized spacial score (nSPS) is 27.5. The summed E-state index contributed by atoms with van der Waals surface area (Å²) in [6, 6.07) is 4.08. The maximum atomic E-state index is 5.76. The highest BCUT2D eigenvalue weighted by atomic mass is 16.5. The quantitative estimate of drug-likeness (QED) is 0.820. The standard InChI is InChI=1S/C12H18N2O/c1-12(2)9(7-13)11(12)8-4-5-14-10(6-8)15-3/h4-6,9,11H,7,13H2,1-3H3/t9-,11-/m0/s1. The molecule has 1 aliphatic carbocycles. The van der Waals surface area contributed by atoms with E-state index in [4.69, 9.17) is 10.5 Å². The van der Waals surface area contributed by atoms with Gasteiger partial charge in [-0.3, -0.25) is 0 Å². The molecule has 2 rings (SSSR count). The van der Waals surface area contributed by atoms with Crippen LogP contribution in [0.3, 0.4) is 0 Å². The van der Waals surface area contributed by atoms with Crippen molar-refractivity contribution in [1.29, 1.82) is 0 Å². The molecule has 1 aromatic rings. The lowest BCUT2D eigenvalue weighted by Crippen LogP contribution is -2.05. The van der Waals surface area contributed by atoms with Gasteiger partial charge in [0.25, 0.3) is 0 Å². The number of aromatic nitrogens is 1. The number of nitrogens with two attached hydrogens (primary N) is 1. The van der Waals surface area contributed by atoms with Crippen molar-refractivity contribution in [3.8, 4) is 5.88 Å². The Bertz CT molecular complexity index is 362. The van der Waals surface area contributed by atoms with Crippen molar-refractivity contribution in [3.63, 3.8) is 0 Å². The molecule has 1 saturated carbocycles. The molecule has 0 unspecified atom stereocenters. The Kier molecular flexibility index (Phi) is 2.43.